The predicted molar refractivity (Wildman–Crippen MR) is 127 cm³/mol. The number of carboxylic acid groups (broad SMARTS) is 1. The highest BCUT2D eigenvalue weighted by Crippen LogP contribution is 2.36. The van der Waals surface area contributed by atoms with Crippen LogP contribution in [-0.4, -0.2) is 58.3 Å². The molecule has 3 fully saturated rings. The molecule has 3 aliphatic rings. The molecule has 32 heavy (non-hydrogen) atoms. The van der Waals surface area contributed by atoms with Crippen LogP contribution >= 0.6 is 23.4 Å². The average molecular weight is 491 g/mol. The van der Waals surface area contributed by atoms with Gasteiger partial charge in [-0.1, -0.05) is 12.8 Å². The molecule has 1 heterocycles. The van der Waals surface area contributed by atoms with Gasteiger partial charge in [0, 0.05) is 17.0 Å². The molecule has 3 rings (SSSR count). The number of halogens is 1. The zero-order valence-corrected chi connectivity index (χ0v) is 20.8. The minimum atomic E-state index is -0.728. The third kappa shape index (κ3) is 7.40. The Labute approximate surface area is 201 Å². The number of amides is 1. The van der Waals surface area contributed by atoms with Gasteiger partial charge in [-0.2, -0.15) is 17.2 Å². The van der Waals surface area contributed by atoms with Crippen LogP contribution in [0, 0.1) is 17.8 Å². The molecule has 1 saturated heterocycles. The summed E-state index contributed by atoms with van der Waals surface area (Å²) >= 11 is 8.22. The third-order valence-electron chi connectivity index (χ3n) is 7.36. The van der Waals surface area contributed by atoms with Crippen LogP contribution in [0.1, 0.15) is 71.6 Å². The molecule has 0 radical (unpaired) electrons. The van der Waals surface area contributed by atoms with E-state index in [9.17, 15) is 9.59 Å². The monoisotopic (exact) mass is 490 g/mol. The van der Waals surface area contributed by atoms with Gasteiger partial charge in [0.05, 0.1) is 18.5 Å². The van der Waals surface area contributed by atoms with Crippen molar-refractivity contribution in [2.24, 2.45) is 17.8 Å². The zero-order valence-electron chi connectivity index (χ0n) is 19.3. The lowest BCUT2D eigenvalue weighted by Crippen LogP contribution is -2.50. The molecule has 0 aromatic rings. The lowest BCUT2D eigenvalue weighted by atomic mass is 9.78. The summed E-state index contributed by atoms with van der Waals surface area (Å²) in [5, 5.41) is 11.9. The SMILES string of the molecule is CC1NOC(C2CCC(CSCCC(=O)O)CC2)C1NC(=O)OC(C)C1CCCCC1Cl. The first-order chi connectivity index (χ1) is 15.3. The van der Waals surface area contributed by atoms with E-state index in [1.165, 1.54) is 0 Å². The highest BCUT2D eigenvalue weighted by atomic mass is 35.5. The number of thioether (sulfide) groups is 1. The number of hydrogen-bond acceptors (Lipinski definition) is 6. The normalized spacial score (nSPS) is 36.4. The van der Waals surface area contributed by atoms with E-state index in [2.05, 4.69) is 10.8 Å². The Morgan fingerprint density at radius 2 is 1.94 bits per heavy atom. The van der Waals surface area contributed by atoms with Crippen LogP contribution in [0.5, 0.6) is 0 Å². The molecule has 1 amide bonds. The van der Waals surface area contributed by atoms with Crippen LogP contribution in [0.4, 0.5) is 4.79 Å². The van der Waals surface area contributed by atoms with Crippen molar-refractivity contribution in [3.63, 3.8) is 0 Å². The van der Waals surface area contributed by atoms with Gasteiger partial charge in [-0.3, -0.25) is 9.63 Å². The van der Waals surface area contributed by atoms with Crippen molar-refractivity contribution >= 4 is 35.4 Å². The minimum Gasteiger partial charge on any atom is -0.481 e. The molecular formula is C23H39ClN2O5S. The Bertz CT molecular complexity index is 619. The van der Waals surface area contributed by atoms with Crippen molar-refractivity contribution in [1.82, 2.24) is 10.8 Å². The van der Waals surface area contributed by atoms with Gasteiger partial charge in [-0.25, -0.2) is 4.79 Å². The van der Waals surface area contributed by atoms with Gasteiger partial charge in [0.15, 0.2) is 0 Å². The summed E-state index contributed by atoms with van der Waals surface area (Å²) in [5.74, 6) is 2.21. The van der Waals surface area contributed by atoms with E-state index in [0.717, 1.165) is 57.1 Å². The van der Waals surface area contributed by atoms with Gasteiger partial charge in [-0.05, 0) is 70.0 Å². The molecule has 0 aromatic heterocycles. The molecule has 7 nitrogen and oxygen atoms in total. The lowest BCUT2D eigenvalue weighted by molar-refractivity contribution is -0.136. The maximum Gasteiger partial charge on any atom is 0.407 e. The van der Waals surface area contributed by atoms with Gasteiger partial charge >= 0.3 is 12.1 Å². The highest BCUT2D eigenvalue weighted by Gasteiger charge is 2.42. The first-order valence-electron chi connectivity index (χ1n) is 12.2. The van der Waals surface area contributed by atoms with Crippen LogP contribution in [-0.2, 0) is 14.4 Å². The summed E-state index contributed by atoms with van der Waals surface area (Å²) in [5.41, 5.74) is 3.06. The fourth-order valence-electron chi connectivity index (χ4n) is 5.38. The molecule has 0 aromatic carbocycles. The largest absolute Gasteiger partial charge is 0.481 e. The summed E-state index contributed by atoms with van der Waals surface area (Å²) in [6.07, 6.45) is 8.22. The van der Waals surface area contributed by atoms with Crippen molar-refractivity contribution in [3.8, 4) is 0 Å². The Morgan fingerprint density at radius 3 is 2.62 bits per heavy atom. The summed E-state index contributed by atoms with van der Waals surface area (Å²) in [6, 6.07) is -0.109. The van der Waals surface area contributed by atoms with Crippen LogP contribution < -0.4 is 10.8 Å². The Morgan fingerprint density at radius 1 is 1.22 bits per heavy atom. The van der Waals surface area contributed by atoms with E-state index < -0.39 is 5.97 Å². The molecule has 9 heteroatoms. The smallest absolute Gasteiger partial charge is 0.407 e. The van der Waals surface area contributed by atoms with E-state index in [1.807, 2.05) is 13.8 Å². The van der Waals surface area contributed by atoms with Crippen molar-refractivity contribution in [2.45, 2.75) is 101 Å². The molecule has 6 atom stereocenters. The first-order valence-corrected chi connectivity index (χ1v) is 13.8. The second-order valence-electron chi connectivity index (χ2n) is 9.73. The number of carbonyl (C=O) groups is 2. The molecule has 2 saturated carbocycles. The van der Waals surface area contributed by atoms with E-state index in [-0.39, 0.29) is 48.1 Å². The highest BCUT2D eigenvalue weighted by molar-refractivity contribution is 7.99. The molecule has 184 valence electrons. The van der Waals surface area contributed by atoms with Crippen LogP contribution in [0.15, 0.2) is 0 Å². The molecule has 6 unspecified atom stereocenters. The molecule has 0 bridgehead atoms. The van der Waals surface area contributed by atoms with E-state index in [1.54, 1.807) is 11.8 Å². The fourth-order valence-corrected chi connectivity index (χ4v) is 7.01. The quantitative estimate of drug-likeness (QED) is 0.321. The van der Waals surface area contributed by atoms with Crippen LogP contribution in [0.3, 0.4) is 0 Å². The van der Waals surface area contributed by atoms with Crippen molar-refractivity contribution in [3.05, 3.63) is 0 Å². The number of alkyl carbamates (subject to hydrolysis) is 1. The number of carboxylic acids is 1. The number of hydrogen-bond donors (Lipinski definition) is 3. The molecule has 3 N–H and O–H groups in total. The van der Waals surface area contributed by atoms with E-state index in [0.29, 0.717) is 17.6 Å². The lowest BCUT2D eigenvalue weighted by Gasteiger charge is -2.34. The molecule has 0 spiro atoms. The summed E-state index contributed by atoms with van der Waals surface area (Å²) in [6.45, 7) is 3.97. The second kappa shape index (κ2) is 12.7. The zero-order chi connectivity index (χ0) is 23.1. The van der Waals surface area contributed by atoms with Gasteiger partial charge in [0.25, 0.3) is 0 Å². The van der Waals surface area contributed by atoms with Crippen LogP contribution in [0.2, 0.25) is 0 Å². The minimum absolute atomic E-state index is 0.0163. The molecular weight excluding hydrogens is 452 g/mol. The van der Waals surface area contributed by atoms with Crippen molar-refractivity contribution in [1.29, 1.82) is 0 Å². The van der Waals surface area contributed by atoms with Gasteiger partial charge in [-0.15, -0.1) is 11.6 Å². The topological polar surface area (TPSA) is 96.9 Å². The average Bonchev–Trinajstić information content (AvgIpc) is 3.11. The van der Waals surface area contributed by atoms with Gasteiger partial charge < -0.3 is 15.2 Å². The van der Waals surface area contributed by atoms with E-state index >= 15 is 0 Å². The number of carbonyl (C=O) groups excluding carboxylic acids is 1. The maximum atomic E-state index is 12.7. The summed E-state index contributed by atoms with van der Waals surface area (Å²) < 4.78 is 5.73. The standard InChI is InChI=1S/C23H39ClN2O5S/c1-14-21(25-23(29)30-15(2)18-5-3-4-6-19(18)24)22(31-26-14)17-9-7-16(8-10-17)13-32-12-11-20(27)28/h14-19,21-22,26H,3-13H2,1-2H3,(H,25,29)(H,27,28). The van der Waals surface area contributed by atoms with Crippen molar-refractivity contribution < 1.29 is 24.3 Å². The third-order valence-corrected chi connectivity index (χ3v) is 9.11. The number of alkyl halides is 1. The number of rotatable bonds is 9. The first kappa shape index (κ1) is 25.9. The summed E-state index contributed by atoms with van der Waals surface area (Å²) in [7, 11) is 0. The number of ether oxygens (including phenoxy) is 1. The Balaban J connectivity index is 1.43. The molecule has 1 aliphatic heterocycles. The molecule has 2 aliphatic carbocycles. The Kier molecular flexibility index (Phi) is 10.3. The summed E-state index contributed by atoms with van der Waals surface area (Å²) in [4.78, 5) is 29.2. The predicted octanol–water partition coefficient (Wildman–Crippen LogP) is 4.57. The number of hydroxylamine groups is 1. The number of aliphatic carboxylic acids is 1. The van der Waals surface area contributed by atoms with Gasteiger partial charge in [0.1, 0.15) is 12.2 Å². The number of nitrogens with one attached hydrogen (secondary N) is 2. The van der Waals surface area contributed by atoms with E-state index in [4.69, 9.17) is 26.3 Å². The van der Waals surface area contributed by atoms with Gasteiger partial charge in [0.2, 0.25) is 0 Å². The second-order valence-corrected chi connectivity index (χ2v) is 11.4. The fraction of sp³-hybridized carbons (Fsp3) is 0.913. The van der Waals surface area contributed by atoms with Crippen LogP contribution in [0.25, 0.3) is 0 Å². The Hall–Kier alpha value is -0.700. The maximum absolute atomic E-state index is 12.7. The van der Waals surface area contributed by atoms with Crippen molar-refractivity contribution in [2.75, 3.05) is 11.5 Å².